The lowest BCUT2D eigenvalue weighted by Crippen LogP contribution is -2.31. The molecule has 0 aliphatic heterocycles. The fraction of sp³-hybridized carbons (Fsp3) is 0.308. The molecule has 0 aliphatic carbocycles. The Morgan fingerprint density at radius 3 is 2.77 bits per heavy atom. The predicted octanol–water partition coefficient (Wildman–Crippen LogP) is -0.343. The monoisotopic (exact) mass is 301 g/mol. The first-order valence-corrected chi connectivity index (χ1v) is 6.78. The number of aromatic nitrogens is 6. The minimum Gasteiger partial charge on any atom is -0.382 e. The highest BCUT2D eigenvalue weighted by Gasteiger charge is 2.07. The summed E-state index contributed by atoms with van der Waals surface area (Å²) in [5, 5.41) is 0. The van der Waals surface area contributed by atoms with Gasteiger partial charge in [0.2, 0.25) is 0 Å². The number of anilines is 1. The lowest BCUT2D eigenvalue weighted by atomic mass is 10.3. The van der Waals surface area contributed by atoms with Crippen molar-refractivity contribution in [3.8, 4) is 0 Å². The molecule has 0 atom stereocenters. The topological polar surface area (TPSA) is 124 Å². The molecular formula is C13H15N7O2. The number of hydrogen-bond donors (Lipinski definition) is 2. The fourth-order valence-electron chi connectivity index (χ4n) is 2.26. The normalized spacial score (nSPS) is 11.1. The maximum Gasteiger partial charge on any atom is 0.328 e. The minimum absolute atomic E-state index is 0.344. The van der Waals surface area contributed by atoms with Crippen molar-refractivity contribution in [3.05, 3.63) is 45.3 Å². The molecule has 22 heavy (non-hydrogen) atoms. The lowest BCUT2D eigenvalue weighted by molar-refractivity contribution is 0.547. The Balaban J connectivity index is 1.76. The average Bonchev–Trinajstić information content (AvgIpc) is 2.89. The zero-order valence-corrected chi connectivity index (χ0v) is 12.0. The Hall–Kier alpha value is -2.97. The summed E-state index contributed by atoms with van der Waals surface area (Å²) in [6.07, 6.45) is 5.29. The third kappa shape index (κ3) is 2.48. The SMILES string of the molecule is Cc1cn(CCCn2cnc3c(N)ncnc32)c(=O)[nH]c1=O. The van der Waals surface area contributed by atoms with Crippen LogP contribution in [-0.4, -0.2) is 29.1 Å². The molecule has 3 aromatic heterocycles. The van der Waals surface area contributed by atoms with Crippen LogP contribution in [0.3, 0.4) is 0 Å². The number of rotatable bonds is 4. The van der Waals surface area contributed by atoms with Gasteiger partial charge in [0.25, 0.3) is 5.56 Å². The van der Waals surface area contributed by atoms with Crippen molar-refractivity contribution in [3.63, 3.8) is 0 Å². The molecule has 0 bridgehead atoms. The lowest BCUT2D eigenvalue weighted by Gasteiger charge is -2.07. The summed E-state index contributed by atoms with van der Waals surface area (Å²) >= 11 is 0. The van der Waals surface area contributed by atoms with Crippen LogP contribution in [0.2, 0.25) is 0 Å². The van der Waals surface area contributed by atoms with Gasteiger partial charge in [-0.05, 0) is 13.3 Å². The van der Waals surface area contributed by atoms with E-state index in [4.69, 9.17) is 5.73 Å². The van der Waals surface area contributed by atoms with Crippen LogP contribution in [0.25, 0.3) is 11.2 Å². The summed E-state index contributed by atoms with van der Waals surface area (Å²) in [5.74, 6) is 0.344. The molecule has 3 heterocycles. The molecule has 0 amide bonds. The molecule has 0 radical (unpaired) electrons. The first kappa shape index (κ1) is 14.0. The molecule has 0 spiro atoms. The van der Waals surface area contributed by atoms with Crippen molar-refractivity contribution in [1.82, 2.24) is 29.1 Å². The highest BCUT2D eigenvalue weighted by molar-refractivity contribution is 5.80. The predicted molar refractivity (Wildman–Crippen MR) is 80.4 cm³/mol. The van der Waals surface area contributed by atoms with Crippen LogP contribution in [0.1, 0.15) is 12.0 Å². The average molecular weight is 301 g/mol. The number of fused-ring (bicyclic) bond motifs is 1. The van der Waals surface area contributed by atoms with Gasteiger partial charge in [0.05, 0.1) is 6.33 Å². The van der Waals surface area contributed by atoms with Crippen LogP contribution >= 0.6 is 0 Å². The summed E-state index contributed by atoms with van der Waals surface area (Å²) < 4.78 is 3.34. The Kier molecular flexibility index (Phi) is 3.45. The van der Waals surface area contributed by atoms with Gasteiger partial charge in [0.1, 0.15) is 11.8 Å². The van der Waals surface area contributed by atoms with E-state index < -0.39 is 5.69 Å². The van der Waals surface area contributed by atoms with Gasteiger partial charge < -0.3 is 14.9 Å². The molecule has 0 saturated carbocycles. The minimum atomic E-state index is -0.405. The van der Waals surface area contributed by atoms with Gasteiger partial charge in [0.15, 0.2) is 11.5 Å². The van der Waals surface area contributed by atoms with E-state index in [0.717, 1.165) is 0 Å². The van der Waals surface area contributed by atoms with Gasteiger partial charge in [-0.2, -0.15) is 0 Å². The molecule has 9 heteroatoms. The molecule has 0 unspecified atom stereocenters. The molecule has 0 aliphatic rings. The zero-order chi connectivity index (χ0) is 15.7. The summed E-state index contributed by atoms with van der Waals surface area (Å²) in [6, 6.07) is 0. The van der Waals surface area contributed by atoms with Gasteiger partial charge in [-0.25, -0.2) is 19.7 Å². The first-order chi connectivity index (χ1) is 10.6. The van der Waals surface area contributed by atoms with Gasteiger partial charge in [-0.15, -0.1) is 0 Å². The highest BCUT2D eigenvalue weighted by atomic mass is 16.2. The number of aromatic amines is 1. The van der Waals surface area contributed by atoms with Crippen LogP contribution < -0.4 is 17.0 Å². The van der Waals surface area contributed by atoms with E-state index in [0.29, 0.717) is 42.1 Å². The summed E-state index contributed by atoms with van der Waals surface area (Å²) in [4.78, 5) is 37.5. The third-order valence-electron chi connectivity index (χ3n) is 3.42. The second-order valence-corrected chi connectivity index (χ2v) is 4.99. The Morgan fingerprint density at radius 1 is 1.18 bits per heavy atom. The van der Waals surface area contributed by atoms with E-state index in [1.807, 2.05) is 4.57 Å². The number of nitrogens with two attached hydrogens (primary N) is 1. The second-order valence-electron chi connectivity index (χ2n) is 4.99. The van der Waals surface area contributed by atoms with Crippen LogP contribution in [0.5, 0.6) is 0 Å². The van der Waals surface area contributed by atoms with E-state index in [2.05, 4.69) is 19.9 Å². The second kappa shape index (κ2) is 5.43. The van der Waals surface area contributed by atoms with Gasteiger partial charge in [-0.3, -0.25) is 9.78 Å². The highest BCUT2D eigenvalue weighted by Crippen LogP contribution is 2.14. The zero-order valence-electron chi connectivity index (χ0n) is 12.0. The molecule has 9 nitrogen and oxygen atoms in total. The van der Waals surface area contributed by atoms with E-state index >= 15 is 0 Å². The molecule has 0 aromatic carbocycles. The van der Waals surface area contributed by atoms with Crippen molar-refractivity contribution in [2.75, 3.05) is 5.73 Å². The van der Waals surface area contributed by atoms with E-state index in [9.17, 15) is 9.59 Å². The number of nitrogen functional groups attached to an aromatic ring is 1. The first-order valence-electron chi connectivity index (χ1n) is 6.78. The van der Waals surface area contributed by atoms with Crippen molar-refractivity contribution in [2.24, 2.45) is 0 Å². The summed E-state index contributed by atoms with van der Waals surface area (Å²) in [5.41, 5.74) is 6.72. The van der Waals surface area contributed by atoms with Crippen LogP contribution in [0, 0.1) is 6.92 Å². The number of nitrogens with zero attached hydrogens (tertiary/aromatic N) is 5. The quantitative estimate of drug-likeness (QED) is 0.679. The maximum atomic E-state index is 11.7. The molecule has 0 saturated heterocycles. The van der Waals surface area contributed by atoms with Crippen LogP contribution in [-0.2, 0) is 13.1 Å². The molecule has 114 valence electrons. The standard InChI is InChI=1S/C13H15N7O2/c1-8-5-19(13(22)18-12(8)21)3-2-4-20-7-17-9-10(14)15-6-16-11(9)20/h5-7H,2-4H2,1H3,(H2,14,15,16)(H,18,21,22). The van der Waals surface area contributed by atoms with E-state index in [1.165, 1.54) is 10.9 Å². The van der Waals surface area contributed by atoms with Gasteiger partial charge in [0, 0.05) is 24.8 Å². The summed E-state index contributed by atoms with van der Waals surface area (Å²) in [6.45, 7) is 2.77. The smallest absolute Gasteiger partial charge is 0.328 e. The Labute approximate surface area is 124 Å². The van der Waals surface area contributed by atoms with E-state index in [-0.39, 0.29) is 5.56 Å². The van der Waals surface area contributed by atoms with Crippen molar-refractivity contribution in [1.29, 1.82) is 0 Å². The number of imidazole rings is 1. The van der Waals surface area contributed by atoms with Crippen LogP contribution in [0.4, 0.5) is 5.82 Å². The molecular weight excluding hydrogens is 286 g/mol. The Bertz CT molecular complexity index is 937. The largest absolute Gasteiger partial charge is 0.382 e. The van der Waals surface area contributed by atoms with Gasteiger partial charge >= 0.3 is 5.69 Å². The van der Waals surface area contributed by atoms with E-state index in [1.54, 1.807) is 19.4 Å². The van der Waals surface area contributed by atoms with Gasteiger partial charge in [-0.1, -0.05) is 0 Å². The summed E-state index contributed by atoms with van der Waals surface area (Å²) in [7, 11) is 0. The fourth-order valence-corrected chi connectivity index (χ4v) is 2.26. The molecule has 3 rings (SSSR count). The number of nitrogens with one attached hydrogen (secondary N) is 1. The Morgan fingerprint density at radius 2 is 1.95 bits per heavy atom. The molecule has 3 aromatic rings. The van der Waals surface area contributed by atoms with Crippen molar-refractivity contribution >= 4 is 17.0 Å². The number of hydrogen-bond acceptors (Lipinski definition) is 6. The maximum absolute atomic E-state index is 11.7. The number of aryl methyl sites for hydroxylation is 3. The third-order valence-corrected chi connectivity index (χ3v) is 3.42. The van der Waals surface area contributed by atoms with Crippen molar-refractivity contribution in [2.45, 2.75) is 26.4 Å². The molecule has 3 N–H and O–H groups in total. The van der Waals surface area contributed by atoms with Crippen molar-refractivity contribution < 1.29 is 0 Å². The molecule has 0 fully saturated rings. The van der Waals surface area contributed by atoms with Crippen LogP contribution in [0.15, 0.2) is 28.4 Å². The number of H-pyrrole nitrogens is 1.